The Hall–Kier alpha value is -2.79. The van der Waals surface area contributed by atoms with E-state index in [1.165, 1.54) is 0 Å². The molecule has 0 unspecified atom stereocenters. The second kappa shape index (κ2) is 6.50. The number of ether oxygens (including phenoxy) is 1. The van der Waals surface area contributed by atoms with Crippen molar-refractivity contribution in [2.24, 2.45) is 0 Å². The van der Waals surface area contributed by atoms with Crippen molar-refractivity contribution in [1.29, 1.82) is 0 Å². The van der Waals surface area contributed by atoms with E-state index in [9.17, 15) is 9.59 Å². The molecule has 1 aliphatic heterocycles. The Morgan fingerprint density at radius 2 is 2.00 bits per heavy atom. The first-order valence-corrected chi connectivity index (χ1v) is 8.71. The van der Waals surface area contributed by atoms with E-state index in [4.69, 9.17) is 16.3 Å². The van der Waals surface area contributed by atoms with Gasteiger partial charge in [0.1, 0.15) is 11.9 Å². The summed E-state index contributed by atoms with van der Waals surface area (Å²) in [4.78, 5) is 27.2. The van der Waals surface area contributed by atoms with Crippen molar-refractivity contribution in [2.75, 3.05) is 13.1 Å². The molecular weight excluding hydrogens is 352 g/mol. The molecule has 0 atom stereocenters. The Kier molecular flexibility index (Phi) is 4.17. The number of hydrogen-bond acceptors (Lipinski definition) is 3. The molecule has 0 spiro atoms. The smallest absolute Gasteiger partial charge is 0.219 e. The molecule has 1 aromatic heterocycles. The van der Waals surface area contributed by atoms with Crippen molar-refractivity contribution >= 4 is 34.7 Å². The number of hydrogen-bond donors (Lipinski definition) is 1. The van der Waals surface area contributed by atoms with Gasteiger partial charge in [0, 0.05) is 35.2 Å². The van der Waals surface area contributed by atoms with Gasteiger partial charge in [-0.2, -0.15) is 0 Å². The van der Waals surface area contributed by atoms with Crippen LogP contribution >= 0.6 is 11.6 Å². The lowest BCUT2D eigenvalue weighted by molar-refractivity contribution is -0.137. The predicted molar refractivity (Wildman–Crippen MR) is 101 cm³/mol. The third kappa shape index (κ3) is 2.95. The molecule has 0 saturated carbocycles. The van der Waals surface area contributed by atoms with Gasteiger partial charge in [0.25, 0.3) is 0 Å². The number of carbonyl (C=O) groups is 2. The predicted octanol–water partition coefficient (Wildman–Crippen LogP) is 3.91. The molecule has 2 aromatic carbocycles. The van der Waals surface area contributed by atoms with Crippen molar-refractivity contribution in [2.45, 2.75) is 13.0 Å². The Balaban J connectivity index is 1.55. The van der Waals surface area contributed by atoms with Crippen molar-refractivity contribution in [1.82, 2.24) is 9.88 Å². The van der Waals surface area contributed by atoms with Crippen LogP contribution in [0.3, 0.4) is 0 Å². The van der Waals surface area contributed by atoms with Crippen LogP contribution in [0.4, 0.5) is 0 Å². The van der Waals surface area contributed by atoms with Gasteiger partial charge in [-0.15, -0.1) is 0 Å². The van der Waals surface area contributed by atoms with Crippen LogP contribution in [-0.4, -0.2) is 41.3 Å². The zero-order chi connectivity index (χ0) is 18.3. The molecule has 6 heteroatoms. The molecule has 0 bridgehead atoms. The quantitative estimate of drug-likeness (QED) is 0.710. The summed E-state index contributed by atoms with van der Waals surface area (Å²) < 4.78 is 5.87. The highest BCUT2D eigenvalue weighted by atomic mass is 35.5. The first-order valence-electron chi connectivity index (χ1n) is 8.33. The van der Waals surface area contributed by atoms with Crippen molar-refractivity contribution in [3.05, 3.63) is 53.2 Å². The number of fused-ring (bicyclic) bond motifs is 1. The van der Waals surface area contributed by atoms with Crippen LogP contribution in [0.15, 0.2) is 42.6 Å². The average molecular weight is 369 g/mol. The molecule has 2 heterocycles. The standard InChI is InChI=1S/C20H17ClN2O3/c1-12(25)23-9-16(10-23)26-15-4-2-13(3-5-15)17-6-18-14(11-24)8-22-20(18)7-19(17)21/h2-8,11,16,22H,9-10H2,1H3. The van der Waals surface area contributed by atoms with Gasteiger partial charge in [0.05, 0.1) is 18.1 Å². The van der Waals surface area contributed by atoms with Crippen LogP contribution in [0.1, 0.15) is 17.3 Å². The van der Waals surface area contributed by atoms with E-state index in [-0.39, 0.29) is 12.0 Å². The van der Waals surface area contributed by atoms with Crippen molar-refractivity contribution in [3.8, 4) is 16.9 Å². The molecule has 1 amide bonds. The van der Waals surface area contributed by atoms with E-state index >= 15 is 0 Å². The second-order valence-electron chi connectivity index (χ2n) is 6.43. The molecule has 132 valence electrons. The number of H-pyrrole nitrogens is 1. The zero-order valence-electron chi connectivity index (χ0n) is 14.2. The highest BCUT2D eigenvalue weighted by molar-refractivity contribution is 6.34. The molecule has 5 nitrogen and oxygen atoms in total. The van der Waals surface area contributed by atoms with E-state index in [2.05, 4.69) is 4.98 Å². The molecule has 1 N–H and O–H groups in total. The summed E-state index contributed by atoms with van der Waals surface area (Å²) >= 11 is 6.41. The highest BCUT2D eigenvalue weighted by Crippen LogP contribution is 2.34. The molecule has 0 radical (unpaired) electrons. The molecule has 0 aliphatic carbocycles. The number of halogens is 1. The van der Waals surface area contributed by atoms with Gasteiger partial charge in [-0.1, -0.05) is 23.7 Å². The third-order valence-electron chi connectivity index (χ3n) is 4.69. The molecule has 1 fully saturated rings. The summed E-state index contributed by atoms with van der Waals surface area (Å²) in [6, 6.07) is 11.4. The van der Waals surface area contributed by atoms with Crippen molar-refractivity contribution < 1.29 is 14.3 Å². The maximum Gasteiger partial charge on any atom is 0.219 e. The van der Waals surface area contributed by atoms with Gasteiger partial charge in [0.2, 0.25) is 5.91 Å². The monoisotopic (exact) mass is 368 g/mol. The number of rotatable bonds is 4. The number of nitrogens with one attached hydrogen (secondary N) is 1. The maximum absolute atomic E-state index is 11.2. The summed E-state index contributed by atoms with van der Waals surface area (Å²) in [7, 11) is 0. The van der Waals surface area contributed by atoms with Gasteiger partial charge in [0.15, 0.2) is 6.29 Å². The van der Waals surface area contributed by atoms with Gasteiger partial charge in [-0.25, -0.2) is 0 Å². The van der Waals surface area contributed by atoms with Crippen LogP contribution in [0, 0.1) is 0 Å². The molecule has 26 heavy (non-hydrogen) atoms. The fourth-order valence-corrected chi connectivity index (χ4v) is 3.43. The summed E-state index contributed by atoms with van der Waals surface area (Å²) in [5, 5.41) is 1.46. The van der Waals surface area contributed by atoms with E-state index in [0.717, 1.165) is 34.1 Å². The minimum absolute atomic E-state index is 0.0414. The number of aromatic amines is 1. The topological polar surface area (TPSA) is 62.4 Å². The normalized spacial score (nSPS) is 14.3. The number of carbonyl (C=O) groups excluding carboxylic acids is 2. The lowest BCUT2D eigenvalue weighted by atomic mass is 10.0. The summed E-state index contributed by atoms with van der Waals surface area (Å²) in [6.07, 6.45) is 2.55. The Labute approximate surface area is 155 Å². The highest BCUT2D eigenvalue weighted by Gasteiger charge is 2.30. The van der Waals surface area contributed by atoms with Crippen LogP contribution in [-0.2, 0) is 4.79 Å². The van der Waals surface area contributed by atoms with Crippen LogP contribution in [0.25, 0.3) is 22.0 Å². The molecule has 4 rings (SSSR count). The lowest BCUT2D eigenvalue weighted by Crippen LogP contribution is -2.55. The minimum atomic E-state index is 0.0414. The van der Waals surface area contributed by atoms with E-state index in [0.29, 0.717) is 23.7 Å². The molecule has 1 aliphatic rings. The van der Waals surface area contributed by atoms with Gasteiger partial charge in [-0.3, -0.25) is 9.59 Å². The van der Waals surface area contributed by atoms with Gasteiger partial charge < -0.3 is 14.6 Å². The number of likely N-dealkylation sites (tertiary alicyclic amines) is 1. The van der Waals surface area contributed by atoms with Gasteiger partial charge in [-0.05, 0) is 29.8 Å². The second-order valence-corrected chi connectivity index (χ2v) is 6.83. The first kappa shape index (κ1) is 16.7. The van der Waals surface area contributed by atoms with Crippen LogP contribution < -0.4 is 4.74 Å². The first-order chi connectivity index (χ1) is 12.5. The SMILES string of the molecule is CC(=O)N1CC(Oc2ccc(-c3cc4c(C=O)c[nH]c4cc3Cl)cc2)C1. The summed E-state index contributed by atoms with van der Waals surface area (Å²) in [5.74, 6) is 0.832. The van der Waals surface area contributed by atoms with E-state index < -0.39 is 0 Å². The number of aldehydes is 1. The minimum Gasteiger partial charge on any atom is -0.487 e. The van der Waals surface area contributed by atoms with Crippen LogP contribution in [0.5, 0.6) is 5.75 Å². The fourth-order valence-electron chi connectivity index (χ4n) is 3.16. The Bertz CT molecular complexity index is 988. The van der Waals surface area contributed by atoms with Gasteiger partial charge >= 0.3 is 0 Å². The number of amides is 1. The third-order valence-corrected chi connectivity index (χ3v) is 5.00. The largest absolute Gasteiger partial charge is 0.487 e. The Morgan fingerprint density at radius 3 is 2.65 bits per heavy atom. The molecular formula is C20H17ClN2O3. The Morgan fingerprint density at radius 1 is 1.27 bits per heavy atom. The average Bonchev–Trinajstić information content (AvgIpc) is 2.99. The number of aromatic nitrogens is 1. The lowest BCUT2D eigenvalue weighted by Gasteiger charge is -2.38. The van der Waals surface area contributed by atoms with Crippen molar-refractivity contribution in [3.63, 3.8) is 0 Å². The van der Waals surface area contributed by atoms with Crippen LogP contribution in [0.2, 0.25) is 5.02 Å². The number of benzene rings is 2. The summed E-state index contributed by atoms with van der Waals surface area (Å²) in [5.41, 5.74) is 3.25. The van der Waals surface area contributed by atoms with E-state index in [1.807, 2.05) is 36.4 Å². The maximum atomic E-state index is 11.2. The molecule has 1 saturated heterocycles. The zero-order valence-corrected chi connectivity index (χ0v) is 14.9. The molecule has 3 aromatic rings. The number of nitrogens with zero attached hydrogens (tertiary/aromatic N) is 1. The van der Waals surface area contributed by atoms with E-state index in [1.54, 1.807) is 18.0 Å². The summed E-state index contributed by atoms with van der Waals surface area (Å²) in [6.45, 7) is 2.81. The fraction of sp³-hybridized carbons (Fsp3) is 0.200.